The summed E-state index contributed by atoms with van der Waals surface area (Å²) in [5.41, 5.74) is 7.99. The molecule has 28 heavy (non-hydrogen) atoms. The minimum atomic E-state index is -0.662. The van der Waals surface area contributed by atoms with Gasteiger partial charge in [-0.2, -0.15) is 9.97 Å². The molecule has 3 rings (SSSR count). The molecule has 0 radical (unpaired) electrons. The Kier molecular flexibility index (Phi) is 6.27. The van der Waals surface area contributed by atoms with Crippen LogP contribution in [0, 0.1) is 0 Å². The molecule has 0 spiro atoms. The molecule has 2 aromatic heterocycles. The fraction of sp³-hybridized carbons (Fsp3) is 0.421. The first-order valence-corrected chi connectivity index (χ1v) is 9.25. The van der Waals surface area contributed by atoms with Crippen molar-refractivity contribution in [3.05, 3.63) is 36.2 Å². The molecule has 0 aliphatic heterocycles. The summed E-state index contributed by atoms with van der Waals surface area (Å²) in [5, 5.41) is 16.1. The number of nitrogens with one attached hydrogen (secondary N) is 2. The van der Waals surface area contributed by atoms with Crippen LogP contribution in [-0.4, -0.2) is 50.9 Å². The van der Waals surface area contributed by atoms with Gasteiger partial charge in [-0.25, -0.2) is 4.98 Å². The average molecular weight is 385 g/mol. The van der Waals surface area contributed by atoms with Gasteiger partial charge in [-0.05, 0) is 31.5 Å². The van der Waals surface area contributed by atoms with Gasteiger partial charge in [0.2, 0.25) is 5.95 Å². The van der Waals surface area contributed by atoms with Gasteiger partial charge in [0.05, 0.1) is 19.5 Å². The monoisotopic (exact) mass is 385 g/mol. The number of methoxy groups -OCH3 is 1. The van der Waals surface area contributed by atoms with E-state index in [1.54, 1.807) is 13.4 Å². The van der Waals surface area contributed by atoms with E-state index in [0.29, 0.717) is 23.8 Å². The van der Waals surface area contributed by atoms with Gasteiger partial charge >= 0.3 is 0 Å². The zero-order valence-corrected chi connectivity index (χ0v) is 16.4. The van der Waals surface area contributed by atoms with E-state index in [1.165, 1.54) is 0 Å². The van der Waals surface area contributed by atoms with Crippen molar-refractivity contribution in [3.63, 3.8) is 0 Å². The average Bonchev–Trinajstić information content (AvgIpc) is 3.15. The molecule has 0 aliphatic carbocycles. The summed E-state index contributed by atoms with van der Waals surface area (Å²) in [4.78, 5) is 13.6. The number of aliphatic hydroxyl groups is 1. The number of nitrogens with two attached hydrogens (primary N) is 1. The van der Waals surface area contributed by atoms with Crippen molar-refractivity contribution in [2.45, 2.75) is 32.5 Å². The summed E-state index contributed by atoms with van der Waals surface area (Å²) in [6, 6.07) is 8.03. The van der Waals surface area contributed by atoms with Crippen LogP contribution in [0.4, 0.5) is 11.8 Å². The second-order valence-corrected chi connectivity index (χ2v) is 6.79. The summed E-state index contributed by atoms with van der Waals surface area (Å²) >= 11 is 0. The van der Waals surface area contributed by atoms with Crippen molar-refractivity contribution in [2.24, 2.45) is 5.73 Å². The number of benzene rings is 1. The highest BCUT2D eigenvalue weighted by molar-refractivity contribution is 5.84. The fourth-order valence-corrected chi connectivity index (χ4v) is 2.72. The third-order valence-electron chi connectivity index (χ3n) is 4.36. The summed E-state index contributed by atoms with van der Waals surface area (Å²) in [6.45, 7) is 5.16. The maximum Gasteiger partial charge on any atom is 0.226 e. The van der Waals surface area contributed by atoms with Crippen molar-refractivity contribution in [1.82, 2.24) is 19.5 Å². The quantitative estimate of drug-likeness (QED) is 0.439. The molecule has 9 heteroatoms. The van der Waals surface area contributed by atoms with Gasteiger partial charge in [-0.1, -0.05) is 12.1 Å². The highest BCUT2D eigenvalue weighted by Crippen LogP contribution is 2.24. The third-order valence-corrected chi connectivity index (χ3v) is 4.36. The largest absolute Gasteiger partial charge is 0.497 e. The Morgan fingerprint density at radius 1 is 1.18 bits per heavy atom. The second kappa shape index (κ2) is 8.85. The molecule has 1 atom stereocenters. The van der Waals surface area contributed by atoms with Crippen molar-refractivity contribution < 1.29 is 9.84 Å². The van der Waals surface area contributed by atoms with E-state index in [1.807, 2.05) is 28.8 Å². The van der Waals surface area contributed by atoms with E-state index in [2.05, 4.69) is 39.4 Å². The van der Waals surface area contributed by atoms with Crippen LogP contribution < -0.4 is 21.1 Å². The molecule has 0 saturated carbocycles. The highest BCUT2D eigenvalue weighted by Gasteiger charge is 2.15. The number of rotatable bonds is 9. The Hall–Kier alpha value is -2.91. The first kappa shape index (κ1) is 19.8. The number of anilines is 2. The van der Waals surface area contributed by atoms with E-state index in [9.17, 15) is 5.11 Å². The van der Waals surface area contributed by atoms with Gasteiger partial charge in [-0.15, -0.1) is 0 Å². The predicted octanol–water partition coefficient (Wildman–Crippen LogP) is 1.76. The molecule has 1 aromatic carbocycles. The molecule has 1 unspecified atom stereocenters. The Bertz CT molecular complexity index is 909. The number of nitrogens with zero attached hydrogens (tertiary/aromatic N) is 4. The van der Waals surface area contributed by atoms with Crippen LogP contribution in [-0.2, 0) is 6.54 Å². The topological polar surface area (TPSA) is 123 Å². The van der Waals surface area contributed by atoms with Gasteiger partial charge in [-0.3, -0.25) is 0 Å². The fourth-order valence-electron chi connectivity index (χ4n) is 2.72. The first-order valence-electron chi connectivity index (χ1n) is 9.25. The Labute approximate surface area is 164 Å². The molecular formula is C19H27N7O2. The van der Waals surface area contributed by atoms with Crippen molar-refractivity contribution in [1.29, 1.82) is 0 Å². The summed E-state index contributed by atoms with van der Waals surface area (Å²) in [6.07, 6.45) is 1.10. The van der Waals surface area contributed by atoms with E-state index < -0.39 is 6.10 Å². The summed E-state index contributed by atoms with van der Waals surface area (Å²) < 4.78 is 7.18. The number of aromatic nitrogens is 4. The molecule has 0 amide bonds. The van der Waals surface area contributed by atoms with Gasteiger partial charge in [0, 0.05) is 25.7 Å². The maximum absolute atomic E-state index is 9.71. The van der Waals surface area contributed by atoms with Crippen molar-refractivity contribution >= 4 is 22.9 Å². The maximum atomic E-state index is 9.71. The van der Waals surface area contributed by atoms with Crippen molar-refractivity contribution in [3.8, 4) is 5.75 Å². The van der Waals surface area contributed by atoms with Crippen LogP contribution in [0.15, 0.2) is 30.6 Å². The second-order valence-electron chi connectivity index (χ2n) is 6.79. The lowest BCUT2D eigenvalue weighted by Crippen LogP contribution is -2.28. The number of fused-ring (bicyclic) bond motifs is 1. The lowest BCUT2D eigenvalue weighted by Gasteiger charge is -2.13. The Morgan fingerprint density at radius 3 is 2.57 bits per heavy atom. The molecule has 150 valence electrons. The third kappa shape index (κ3) is 4.49. The molecule has 3 aromatic rings. The predicted molar refractivity (Wildman–Crippen MR) is 110 cm³/mol. The van der Waals surface area contributed by atoms with Crippen LogP contribution in [0.5, 0.6) is 5.75 Å². The van der Waals surface area contributed by atoms with E-state index in [-0.39, 0.29) is 19.1 Å². The standard InChI is InChI=1S/C19H27N7O2/c1-12(2)26-11-23-16-17(21-9-13-4-6-15(28-3)7-5-13)24-19(25-18(16)26)22-10-14(27)8-20/h4-7,11-12,14,27H,8-10,20H2,1-3H3,(H2,21,22,24,25). The lowest BCUT2D eigenvalue weighted by molar-refractivity contribution is 0.196. The first-order chi connectivity index (χ1) is 13.5. The highest BCUT2D eigenvalue weighted by atomic mass is 16.5. The zero-order valence-electron chi connectivity index (χ0n) is 16.4. The van der Waals surface area contributed by atoms with Gasteiger partial charge in [0.1, 0.15) is 5.75 Å². The number of aliphatic hydroxyl groups excluding tert-OH is 1. The molecule has 9 nitrogen and oxygen atoms in total. The summed E-state index contributed by atoms with van der Waals surface area (Å²) in [7, 11) is 1.64. The molecule has 0 aliphatic rings. The lowest BCUT2D eigenvalue weighted by atomic mass is 10.2. The SMILES string of the molecule is COc1ccc(CNc2nc(NCC(O)CN)nc3c2ncn3C(C)C)cc1. The smallest absolute Gasteiger partial charge is 0.226 e. The Morgan fingerprint density at radius 2 is 1.93 bits per heavy atom. The van der Waals surface area contributed by atoms with Gasteiger partial charge < -0.3 is 30.8 Å². The molecule has 2 heterocycles. The van der Waals surface area contributed by atoms with E-state index in [0.717, 1.165) is 17.0 Å². The number of ether oxygens (including phenoxy) is 1. The summed E-state index contributed by atoms with van der Waals surface area (Å²) in [5.74, 6) is 1.86. The molecule has 0 bridgehead atoms. The minimum absolute atomic E-state index is 0.168. The molecular weight excluding hydrogens is 358 g/mol. The molecule has 5 N–H and O–H groups in total. The van der Waals surface area contributed by atoms with Crippen LogP contribution >= 0.6 is 0 Å². The Balaban J connectivity index is 1.87. The van der Waals surface area contributed by atoms with Crippen LogP contribution in [0.1, 0.15) is 25.5 Å². The van der Waals surface area contributed by atoms with Crippen molar-refractivity contribution in [2.75, 3.05) is 30.8 Å². The van der Waals surface area contributed by atoms with Gasteiger partial charge in [0.25, 0.3) is 0 Å². The van der Waals surface area contributed by atoms with Gasteiger partial charge in [0.15, 0.2) is 17.0 Å². The number of hydrogen-bond donors (Lipinski definition) is 4. The molecule has 0 saturated heterocycles. The number of hydrogen-bond acceptors (Lipinski definition) is 8. The number of imidazole rings is 1. The van der Waals surface area contributed by atoms with E-state index in [4.69, 9.17) is 10.5 Å². The molecule has 0 fully saturated rings. The normalized spacial score (nSPS) is 12.4. The van der Waals surface area contributed by atoms with Crippen LogP contribution in [0.25, 0.3) is 11.2 Å². The van der Waals surface area contributed by atoms with Crippen LogP contribution in [0.3, 0.4) is 0 Å². The van der Waals surface area contributed by atoms with E-state index >= 15 is 0 Å². The minimum Gasteiger partial charge on any atom is -0.497 e. The zero-order chi connectivity index (χ0) is 20.1. The van der Waals surface area contributed by atoms with Crippen LogP contribution in [0.2, 0.25) is 0 Å².